The number of carbonyl (C=O) groups is 2. The van der Waals surface area contributed by atoms with Crippen LogP contribution in [0.2, 0.25) is 0 Å². The molecule has 86 valence electrons. The molecule has 1 amide bonds. The minimum atomic E-state index is -0.943. The highest BCUT2D eigenvalue weighted by Crippen LogP contribution is 2.19. The van der Waals surface area contributed by atoms with Crippen molar-refractivity contribution in [3.63, 3.8) is 0 Å². The maximum Gasteiger partial charge on any atom is 0.326 e. The van der Waals surface area contributed by atoms with Crippen LogP contribution in [0.3, 0.4) is 0 Å². The molecule has 0 aliphatic carbocycles. The van der Waals surface area contributed by atoms with Crippen molar-refractivity contribution in [3.05, 3.63) is 18.0 Å². The van der Waals surface area contributed by atoms with Gasteiger partial charge in [-0.1, -0.05) is 0 Å². The zero-order chi connectivity index (χ0) is 11.7. The Kier molecular flexibility index (Phi) is 2.64. The molecule has 1 saturated heterocycles. The summed E-state index contributed by atoms with van der Waals surface area (Å²) in [4.78, 5) is 24.3. The molecule has 1 aliphatic heterocycles. The zero-order valence-electron chi connectivity index (χ0n) is 8.96. The van der Waals surface area contributed by atoms with E-state index >= 15 is 0 Å². The fraction of sp³-hybridized carbons (Fsp3) is 0.500. The Morgan fingerprint density at radius 2 is 2.31 bits per heavy atom. The topological polar surface area (TPSA) is 75.4 Å². The molecule has 0 bridgehead atoms. The first-order chi connectivity index (χ1) is 7.59. The summed E-state index contributed by atoms with van der Waals surface area (Å²) in [5.74, 6) is -1.24. The van der Waals surface area contributed by atoms with Crippen molar-refractivity contribution in [1.82, 2.24) is 14.7 Å². The normalized spacial score (nSPS) is 20.1. The summed E-state index contributed by atoms with van der Waals surface area (Å²) in [7, 11) is 1.72. The predicted molar refractivity (Wildman–Crippen MR) is 54.9 cm³/mol. The maximum absolute atomic E-state index is 12.0. The van der Waals surface area contributed by atoms with E-state index in [4.69, 9.17) is 5.11 Å². The molecule has 1 N–H and O–H groups in total. The van der Waals surface area contributed by atoms with Crippen LogP contribution in [-0.2, 0) is 11.8 Å². The van der Waals surface area contributed by atoms with Crippen LogP contribution in [0.25, 0.3) is 0 Å². The highest BCUT2D eigenvalue weighted by Gasteiger charge is 2.35. The fourth-order valence-electron chi connectivity index (χ4n) is 1.94. The Bertz CT molecular complexity index is 427. The predicted octanol–water partition coefficient (Wildman–Crippen LogP) is 0.109. The van der Waals surface area contributed by atoms with E-state index in [1.165, 1.54) is 9.58 Å². The maximum atomic E-state index is 12.0. The molecule has 1 fully saturated rings. The second kappa shape index (κ2) is 3.96. The van der Waals surface area contributed by atoms with Gasteiger partial charge in [-0.2, -0.15) is 5.10 Å². The molecule has 1 aromatic rings. The van der Waals surface area contributed by atoms with E-state index in [1.54, 1.807) is 19.3 Å². The number of carbonyl (C=O) groups excluding carboxylic acids is 1. The van der Waals surface area contributed by atoms with Crippen molar-refractivity contribution in [2.24, 2.45) is 7.05 Å². The number of aryl methyl sites for hydroxylation is 1. The average molecular weight is 223 g/mol. The first kappa shape index (κ1) is 10.7. The summed E-state index contributed by atoms with van der Waals surface area (Å²) in [6.07, 6.45) is 2.92. The molecule has 0 saturated carbocycles. The Morgan fingerprint density at radius 3 is 2.88 bits per heavy atom. The third kappa shape index (κ3) is 1.78. The van der Waals surface area contributed by atoms with Crippen LogP contribution in [0, 0.1) is 0 Å². The summed E-state index contributed by atoms with van der Waals surface area (Å²) in [6.45, 7) is 0.492. The minimum Gasteiger partial charge on any atom is -0.480 e. The number of rotatable bonds is 2. The number of carboxylic acids is 1. The van der Waals surface area contributed by atoms with Crippen molar-refractivity contribution >= 4 is 11.9 Å². The van der Waals surface area contributed by atoms with E-state index in [0.717, 1.165) is 6.42 Å². The van der Waals surface area contributed by atoms with Crippen LogP contribution >= 0.6 is 0 Å². The Balaban J connectivity index is 2.18. The largest absolute Gasteiger partial charge is 0.480 e. The van der Waals surface area contributed by atoms with Gasteiger partial charge in [0.1, 0.15) is 11.7 Å². The van der Waals surface area contributed by atoms with Crippen LogP contribution in [0.4, 0.5) is 0 Å². The molecule has 6 nitrogen and oxygen atoms in total. The highest BCUT2D eigenvalue weighted by atomic mass is 16.4. The second-order valence-electron chi connectivity index (χ2n) is 3.87. The van der Waals surface area contributed by atoms with E-state index < -0.39 is 12.0 Å². The molecule has 0 spiro atoms. The monoisotopic (exact) mass is 223 g/mol. The number of carboxylic acid groups (broad SMARTS) is 1. The van der Waals surface area contributed by atoms with E-state index in [2.05, 4.69) is 5.10 Å². The molecule has 1 atom stereocenters. The Morgan fingerprint density at radius 1 is 1.56 bits per heavy atom. The summed E-state index contributed by atoms with van der Waals surface area (Å²) < 4.78 is 1.53. The highest BCUT2D eigenvalue weighted by molar-refractivity contribution is 5.95. The Labute approximate surface area is 92.5 Å². The van der Waals surface area contributed by atoms with Crippen molar-refractivity contribution in [2.75, 3.05) is 6.54 Å². The van der Waals surface area contributed by atoms with Gasteiger partial charge in [0.15, 0.2) is 0 Å². The lowest BCUT2D eigenvalue weighted by atomic mass is 10.2. The van der Waals surface area contributed by atoms with Gasteiger partial charge in [-0.05, 0) is 18.9 Å². The van der Waals surface area contributed by atoms with E-state index in [1.807, 2.05) is 0 Å². The van der Waals surface area contributed by atoms with Gasteiger partial charge in [-0.15, -0.1) is 0 Å². The number of nitrogens with zero attached hydrogens (tertiary/aromatic N) is 3. The SMILES string of the molecule is Cn1ccc(C(=O)N2CCC[C@@H]2C(=O)O)n1. The molecular weight excluding hydrogens is 210 g/mol. The number of hydrogen-bond acceptors (Lipinski definition) is 3. The quantitative estimate of drug-likeness (QED) is 0.772. The first-order valence-electron chi connectivity index (χ1n) is 5.13. The van der Waals surface area contributed by atoms with Crippen molar-refractivity contribution in [1.29, 1.82) is 0 Å². The standard InChI is InChI=1S/C10H13N3O3/c1-12-6-4-7(11-12)9(14)13-5-2-3-8(13)10(15)16/h4,6,8H,2-3,5H2,1H3,(H,15,16)/t8-/m1/s1. The van der Waals surface area contributed by atoms with E-state index in [0.29, 0.717) is 18.7 Å². The summed E-state index contributed by atoms with van der Waals surface area (Å²) in [5.41, 5.74) is 0.302. The van der Waals surface area contributed by atoms with E-state index in [9.17, 15) is 9.59 Å². The number of likely N-dealkylation sites (tertiary alicyclic amines) is 1. The molecule has 1 aromatic heterocycles. The van der Waals surface area contributed by atoms with Crippen LogP contribution in [0.5, 0.6) is 0 Å². The van der Waals surface area contributed by atoms with Gasteiger partial charge in [0.2, 0.25) is 0 Å². The van der Waals surface area contributed by atoms with Gasteiger partial charge >= 0.3 is 5.97 Å². The number of hydrogen-bond donors (Lipinski definition) is 1. The zero-order valence-corrected chi connectivity index (χ0v) is 8.96. The van der Waals surface area contributed by atoms with Gasteiger partial charge in [0.05, 0.1) is 0 Å². The van der Waals surface area contributed by atoms with Gasteiger partial charge in [-0.25, -0.2) is 4.79 Å². The first-order valence-corrected chi connectivity index (χ1v) is 5.13. The molecule has 6 heteroatoms. The molecule has 16 heavy (non-hydrogen) atoms. The van der Waals surface area contributed by atoms with Crippen LogP contribution in [-0.4, -0.2) is 44.3 Å². The van der Waals surface area contributed by atoms with Crippen molar-refractivity contribution in [2.45, 2.75) is 18.9 Å². The molecular formula is C10H13N3O3. The summed E-state index contributed by atoms with van der Waals surface area (Å²) in [5, 5.41) is 12.9. The Hall–Kier alpha value is -1.85. The minimum absolute atomic E-state index is 0.300. The molecule has 0 aromatic carbocycles. The number of aliphatic carboxylic acids is 1. The third-order valence-electron chi connectivity index (χ3n) is 2.73. The molecule has 1 aliphatic rings. The van der Waals surface area contributed by atoms with Gasteiger partial charge < -0.3 is 10.0 Å². The average Bonchev–Trinajstić information content (AvgIpc) is 2.84. The number of aromatic nitrogens is 2. The number of amides is 1. The third-order valence-corrected chi connectivity index (χ3v) is 2.73. The lowest BCUT2D eigenvalue weighted by Gasteiger charge is -2.19. The molecule has 2 heterocycles. The molecule has 0 unspecified atom stereocenters. The summed E-state index contributed by atoms with van der Waals surface area (Å²) >= 11 is 0. The van der Waals surface area contributed by atoms with Gasteiger partial charge in [0.25, 0.3) is 5.91 Å². The fourth-order valence-corrected chi connectivity index (χ4v) is 1.94. The van der Waals surface area contributed by atoms with Crippen LogP contribution < -0.4 is 0 Å². The molecule has 2 rings (SSSR count). The van der Waals surface area contributed by atoms with Crippen LogP contribution in [0.1, 0.15) is 23.3 Å². The molecule has 0 radical (unpaired) electrons. The van der Waals surface area contributed by atoms with Crippen molar-refractivity contribution in [3.8, 4) is 0 Å². The van der Waals surface area contributed by atoms with E-state index in [-0.39, 0.29) is 5.91 Å². The van der Waals surface area contributed by atoms with Crippen molar-refractivity contribution < 1.29 is 14.7 Å². The second-order valence-corrected chi connectivity index (χ2v) is 3.87. The lowest BCUT2D eigenvalue weighted by molar-refractivity contribution is -0.141. The lowest BCUT2D eigenvalue weighted by Crippen LogP contribution is -2.40. The van der Waals surface area contributed by atoms with Gasteiger partial charge in [0, 0.05) is 19.8 Å². The smallest absolute Gasteiger partial charge is 0.326 e. The van der Waals surface area contributed by atoms with Crippen LogP contribution in [0.15, 0.2) is 12.3 Å². The van der Waals surface area contributed by atoms with Gasteiger partial charge in [-0.3, -0.25) is 9.48 Å². The summed E-state index contributed by atoms with van der Waals surface area (Å²) in [6, 6.07) is 0.897.